The minimum absolute atomic E-state index is 0.161. The van der Waals surface area contributed by atoms with Gasteiger partial charge in [0.2, 0.25) is 0 Å². The van der Waals surface area contributed by atoms with Gasteiger partial charge in [-0.3, -0.25) is 0 Å². The molecule has 3 rings (SSSR count). The van der Waals surface area contributed by atoms with Crippen LogP contribution >= 0.6 is 15.9 Å². The van der Waals surface area contributed by atoms with Gasteiger partial charge in [0, 0.05) is 16.2 Å². The van der Waals surface area contributed by atoms with Crippen molar-refractivity contribution < 1.29 is 4.39 Å². The molecule has 2 aromatic carbocycles. The smallest absolute Gasteiger partial charge is 0.123 e. The number of hydrogen-bond acceptors (Lipinski definition) is 1. The van der Waals surface area contributed by atoms with Crippen LogP contribution in [0.25, 0.3) is 0 Å². The fourth-order valence-electron chi connectivity index (χ4n) is 2.71. The van der Waals surface area contributed by atoms with E-state index in [0.29, 0.717) is 12.0 Å². The summed E-state index contributed by atoms with van der Waals surface area (Å²) in [5.41, 5.74) is 3.66. The second kappa shape index (κ2) is 5.57. The molecule has 1 aliphatic rings. The van der Waals surface area contributed by atoms with E-state index >= 15 is 0 Å². The van der Waals surface area contributed by atoms with Gasteiger partial charge in [-0.05, 0) is 77.0 Å². The topological polar surface area (TPSA) is 12.0 Å². The molecule has 0 atom stereocenters. The minimum atomic E-state index is -0.161. The molecule has 1 saturated carbocycles. The zero-order chi connectivity index (χ0) is 14.1. The first-order chi connectivity index (χ1) is 9.61. The van der Waals surface area contributed by atoms with E-state index < -0.39 is 0 Å². The maximum atomic E-state index is 12.9. The van der Waals surface area contributed by atoms with Gasteiger partial charge in [-0.2, -0.15) is 0 Å². The molecule has 0 radical (unpaired) electrons. The molecule has 2 aromatic rings. The van der Waals surface area contributed by atoms with Crippen LogP contribution in [0, 0.1) is 12.7 Å². The Morgan fingerprint density at radius 3 is 2.50 bits per heavy atom. The van der Waals surface area contributed by atoms with E-state index in [2.05, 4.69) is 46.4 Å². The third kappa shape index (κ3) is 2.88. The predicted octanol–water partition coefficient (Wildman–Crippen LogP) is 5.25. The Bertz CT molecular complexity index is 603. The van der Waals surface area contributed by atoms with Crippen molar-refractivity contribution in [2.45, 2.75) is 31.7 Å². The lowest BCUT2D eigenvalue weighted by molar-refractivity contribution is 0.374. The van der Waals surface area contributed by atoms with Crippen molar-refractivity contribution in [3.05, 3.63) is 63.9 Å². The van der Waals surface area contributed by atoms with Crippen molar-refractivity contribution in [3.63, 3.8) is 0 Å². The highest BCUT2D eigenvalue weighted by Gasteiger charge is 2.30. The number of nitrogens with one attached hydrogen (secondary N) is 1. The average Bonchev–Trinajstić information content (AvgIpc) is 2.39. The molecule has 0 bridgehead atoms. The number of anilines is 1. The molecule has 0 aromatic heterocycles. The summed E-state index contributed by atoms with van der Waals surface area (Å²) >= 11 is 3.58. The van der Waals surface area contributed by atoms with Crippen LogP contribution in [0.1, 0.15) is 29.9 Å². The molecule has 0 amide bonds. The highest BCUT2D eigenvalue weighted by molar-refractivity contribution is 9.10. The highest BCUT2D eigenvalue weighted by atomic mass is 79.9. The van der Waals surface area contributed by atoms with E-state index in [1.807, 2.05) is 12.1 Å². The Labute approximate surface area is 127 Å². The molecule has 0 spiro atoms. The van der Waals surface area contributed by atoms with E-state index in [1.54, 1.807) is 12.1 Å². The van der Waals surface area contributed by atoms with Gasteiger partial charge in [-0.15, -0.1) is 0 Å². The van der Waals surface area contributed by atoms with Gasteiger partial charge < -0.3 is 5.32 Å². The van der Waals surface area contributed by atoms with E-state index in [1.165, 1.54) is 11.1 Å². The van der Waals surface area contributed by atoms with Crippen LogP contribution in [0.4, 0.5) is 10.1 Å². The van der Waals surface area contributed by atoms with Crippen LogP contribution in [0.3, 0.4) is 0 Å². The molecule has 0 unspecified atom stereocenters. The Kier molecular flexibility index (Phi) is 3.79. The number of hydrogen-bond donors (Lipinski definition) is 1. The van der Waals surface area contributed by atoms with Crippen molar-refractivity contribution in [2.75, 3.05) is 5.32 Å². The monoisotopic (exact) mass is 333 g/mol. The van der Waals surface area contributed by atoms with Gasteiger partial charge >= 0.3 is 0 Å². The van der Waals surface area contributed by atoms with E-state index in [0.717, 1.165) is 23.0 Å². The molecular weight excluding hydrogens is 317 g/mol. The molecule has 20 heavy (non-hydrogen) atoms. The fourth-order valence-corrected chi connectivity index (χ4v) is 3.07. The molecule has 1 nitrogen and oxygen atoms in total. The molecule has 1 N–H and O–H groups in total. The standard InChI is InChI=1S/C17H17BrFN/c1-11-2-7-16(18)17(8-11)20-15-9-13(10-15)12-3-5-14(19)6-4-12/h2-8,13,15,20H,9-10H2,1H3. The van der Waals surface area contributed by atoms with Gasteiger partial charge in [-0.25, -0.2) is 4.39 Å². The summed E-state index contributed by atoms with van der Waals surface area (Å²) in [5.74, 6) is 0.392. The third-order valence-electron chi connectivity index (χ3n) is 3.96. The summed E-state index contributed by atoms with van der Waals surface area (Å²) in [7, 11) is 0. The van der Waals surface area contributed by atoms with Crippen LogP contribution in [-0.2, 0) is 0 Å². The van der Waals surface area contributed by atoms with Crippen LogP contribution < -0.4 is 5.32 Å². The Hall–Kier alpha value is -1.35. The van der Waals surface area contributed by atoms with E-state index in [-0.39, 0.29) is 5.82 Å². The van der Waals surface area contributed by atoms with Crippen LogP contribution in [-0.4, -0.2) is 6.04 Å². The Balaban J connectivity index is 1.60. The maximum Gasteiger partial charge on any atom is 0.123 e. The predicted molar refractivity (Wildman–Crippen MR) is 84.7 cm³/mol. The van der Waals surface area contributed by atoms with Gasteiger partial charge in [-0.1, -0.05) is 18.2 Å². The average molecular weight is 334 g/mol. The molecule has 1 aliphatic carbocycles. The summed E-state index contributed by atoms with van der Waals surface area (Å²) in [6.07, 6.45) is 2.21. The second-order valence-corrected chi connectivity index (χ2v) is 6.40. The summed E-state index contributed by atoms with van der Waals surface area (Å²) in [6, 6.07) is 13.7. The summed E-state index contributed by atoms with van der Waals surface area (Å²) in [5, 5.41) is 3.58. The number of rotatable bonds is 3. The first-order valence-corrected chi connectivity index (χ1v) is 7.69. The first-order valence-electron chi connectivity index (χ1n) is 6.90. The highest BCUT2D eigenvalue weighted by Crippen LogP contribution is 2.39. The maximum absolute atomic E-state index is 12.9. The van der Waals surface area contributed by atoms with Crippen molar-refractivity contribution >= 4 is 21.6 Å². The fraction of sp³-hybridized carbons (Fsp3) is 0.294. The lowest BCUT2D eigenvalue weighted by Crippen LogP contribution is -2.34. The third-order valence-corrected chi connectivity index (χ3v) is 4.65. The first kappa shape index (κ1) is 13.6. The molecule has 0 heterocycles. The minimum Gasteiger partial charge on any atom is -0.381 e. The number of halogens is 2. The van der Waals surface area contributed by atoms with Crippen LogP contribution in [0.2, 0.25) is 0 Å². The van der Waals surface area contributed by atoms with Crippen LogP contribution in [0.15, 0.2) is 46.9 Å². The molecular formula is C17H17BrFN. The second-order valence-electron chi connectivity index (χ2n) is 5.54. The zero-order valence-electron chi connectivity index (χ0n) is 11.4. The molecule has 0 aliphatic heterocycles. The quantitative estimate of drug-likeness (QED) is 0.808. The summed E-state index contributed by atoms with van der Waals surface area (Å²) < 4.78 is 14.0. The van der Waals surface area contributed by atoms with Crippen molar-refractivity contribution in [1.82, 2.24) is 0 Å². The SMILES string of the molecule is Cc1ccc(Br)c(NC2CC(c3ccc(F)cc3)C2)c1. The Morgan fingerprint density at radius 2 is 1.80 bits per heavy atom. The summed E-state index contributed by atoms with van der Waals surface area (Å²) in [4.78, 5) is 0. The Morgan fingerprint density at radius 1 is 1.10 bits per heavy atom. The lowest BCUT2D eigenvalue weighted by atomic mass is 9.76. The van der Waals surface area contributed by atoms with Crippen molar-refractivity contribution in [3.8, 4) is 0 Å². The number of benzene rings is 2. The molecule has 0 saturated heterocycles. The van der Waals surface area contributed by atoms with E-state index in [4.69, 9.17) is 0 Å². The lowest BCUT2D eigenvalue weighted by Gasteiger charge is -2.37. The van der Waals surface area contributed by atoms with E-state index in [9.17, 15) is 4.39 Å². The normalized spacial score (nSPS) is 21.4. The van der Waals surface area contributed by atoms with Crippen molar-refractivity contribution in [1.29, 1.82) is 0 Å². The van der Waals surface area contributed by atoms with Crippen LogP contribution in [0.5, 0.6) is 0 Å². The molecule has 1 fully saturated rings. The molecule has 3 heteroatoms. The zero-order valence-corrected chi connectivity index (χ0v) is 13.0. The molecule has 104 valence electrons. The van der Waals surface area contributed by atoms with Gasteiger partial charge in [0.15, 0.2) is 0 Å². The van der Waals surface area contributed by atoms with Gasteiger partial charge in [0.25, 0.3) is 0 Å². The largest absolute Gasteiger partial charge is 0.381 e. The van der Waals surface area contributed by atoms with Crippen molar-refractivity contribution in [2.24, 2.45) is 0 Å². The van der Waals surface area contributed by atoms with Gasteiger partial charge in [0.1, 0.15) is 5.82 Å². The summed E-state index contributed by atoms with van der Waals surface area (Å²) in [6.45, 7) is 2.10. The number of aryl methyl sites for hydroxylation is 1. The van der Waals surface area contributed by atoms with Gasteiger partial charge in [0.05, 0.1) is 0 Å².